The second-order valence-electron chi connectivity index (χ2n) is 6.62. The van der Waals surface area contributed by atoms with E-state index in [1.165, 1.54) is 11.8 Å². The van der Waals surface area contributed by atoms with Crippen LogP contribution >= 0.6 is 11.8 Å². The fourth-order valence-corrected chi connectivity index (χ4v) is 2.84. The Hall–Kier alpha value is -1.89. The molecular formula is C17H26N2O4S. The zero-order valence-corrected chi connectivity index (χ0v) is 15.6. The highest BCUT2D eigenvalue weighted by Crippen LogP contribution is 2.19. The number of hydrogen-bond donors (Lipinski definition) is 2. The Balaban J connectivity index is 2.54. The van der Waals surface area contributed by atoms with Gasteiger partial charge >= 0.3 is 12.1 Å². The number of carbonyl (C=O) groups excluding carboxylic acids is 1. The number of carboxylic acid groups (broad SMARTS) is 1. The zero-order valence-electron chi connectivity index (χ0n) is 14.8. The monoisotopic (exact) mass is 354 g/mol. The molecule has 0 aliphatic rings. The van der Waals surface area contributed by atoms with Crippen LogP contribution in [0.3, 0.4) is 0 Å². The highest BCUT2D eigenvalue weighted by Gasteiger charge is 2.23. The zero-order chi connectivity index (χ0) is 18.3. The average Bonchev–Trinajstić information content (AvgIpc) is 2.44. The summed E-state index contributed by atoms with van der Waals surface area (Å²) in [4.78, 5) is 25.0. The standard InChI is InChI=1S/C17H26N2O4S/c1-17(2,3)23-16(22)18-14(15(20)21)11-24-10-12-7-6-8-13(9-12)19(4)5/h6-9,14H,10-11H2,1-5H3,(H,18,22)(H,20,21)/t14-/m0/s1. The molecule has 0 fully saturated rings. The van der Waals surface area contributed by atoms with Gasteiger partial charge in [-0.25, -0.2) is 9.59 Å². The van der Waals surface area contributed by atoms with Crippen LogP contribution in [0.5, 0.6) is 0 Å². The second kappa shape index (κ2) is 8.82. The van der Waals surface area contributed by atoms with Crippen molar-refractivity contribution in [1.82, 2.24) is 5.32 Å². The summed E-state index contributed by atoms with van der Waals surface area (Å²) in [6.07, 6.45) is -0.717. The Morgan fingerprint density at radius 2 is 2.00 bits per heavy atom. The van der Waals surface area contributed by atoms with Crippen molar-refractivity contribution in [2.24, 2.45) is 0 Å². The SMILES string of the molecule is CN(C)c1cccc(CSC[C@H](NC(=O)OC(C)(C)C)C(=O)O)c1. The van der Waals surface area contributed by atoms with Gasteiger partial charge in [-0.05, 0) is 38.5 Å². The highest BCUT2D eigenvalue weighted by molar-refractivity contribution is 7.98. The molecule has 1 aromatic carbocycles. The van der Waals surface area contributed by atoms with E-state index in [9.17, 15) is 14.7 Å². The summed E-state index contributed by atoms with van der Waals surface area (Å²) in [6, 6.07) is 7.06. The summed E-state index contributed by atoms with van der Waals surface area (Å²) in [7, 11) is 3.94. The number of carboxylic acids is 1. The van der Waals surface area contributed by atoms with E-state index < -0.39 is 23.7 Å². The molecule has 0 aliphatic heterocycles. The lowest BCUT2D eigenvalue weighted by atomic mass is 10.2. The van der Waals surface area contributed by atoms with E-state index in [0.717, 1.165) is 11.3 Å². The van der Waals surface area contributed by atoms with E-state index in [2.05, 4.69) is 11.4 Å². The molecule has 0 unspecified atom stereocenters. The van der Waals surface area contributed by atoms with Gasteiger partial charge in [0.05, 0.1) is 0 Å². The lowest BCUT2D eigenvalue weighted by Gasteiger charge is -2.22. The van der Waals surface area contributed by atoms with Crippen molar-refractivity contribution in [2.45, 2.75) is 38.2 Å². The number of nitrogens with one attached hydrogen (secondary N) is 1. The molecule has 1 rings (SSSR count). The molecule has 0 saturated heterocycles. The minimum Gasteiger partial charge on any atom is -0.480 e. The highest BCUT2D eigenvalue weighted by atomic mass is 32.2. The van der Waals surface area contributed by atoms with Crippen molar-refractivity contribution in [2.75, 3.05) is 24.7 Å². The van der Waals surface area contributed by atoms with E-state index >= 15 is 0 Å². The van der Waals surface area contributed by atoms with Crippen LogP contribution in [0.4, 0.5) is 10.5 Å². The average molecular weight is 354 g/mol. The summed E-state index contributed by atoms with van der Waals surface area (Å²) in [6.45, 7) is 5.19. The van der Waals surface area contributed by atoms with Gasteiger partial charge in [-0.15, -0.1) is 0 Å². The Morgan fingerprint density at radius 3 is 2.54 bits per heavy atom. The molecular weight excluding hydrogens is 328 g/mol. The number of ether oxygens (including phenoxy) is 1. The molecule has 6 nitrogen and oxygen atoms in total. The van der Waals surface area contributed by atoms with E-state index in [0.29, 0.717) is 5.75 Å². The maximum atomic E-state index is 11.7. The third kappa shape index (κ3) is 7.59. The van der Waals surface area contributed by atoms with E-state index in [4.69, 9.17) is 4.74 Å². The van der Waals surface area contributed by atoms with Gasteiger partial charge in [-0.2, -0.15) is 11.8 Å². The number of anilines is 1. The number of thioether (sulfide) groups is 1. The number of nitrogens with zero attached hydrogens (tertiary/aromatic N) is 1. The number of aliphatic carboxylic acids is 1. The molecule has 0 aromatic heterocycles. The van der Waals surface area contributed by atoms with Gasteiger partial charge in [-0.1, -0.05) is 12.1 Å². The molecule has 1 amide bonds. The van der Waals surface area contributed by atoms with Gasteiger partial charge in [0.1, 0.15) is 11.6 Å². The fourth-order valence-electron chi connectivity index (χ4n) is 1.84. The first-order valence-corrected chi connectivity index (χ1v) is 8.80. The summed E-state index contributed by atoms with van der Waals surface area (Å²) in [5, 5.41) is 11.6. The van der Waals surface area contributed by atoms with Gasteiger partial charge in [-0.3, -0.25) is 0 Å². The largest absolute Gasteiger partial charge is 0.480 e. The topological polar surface area (TPSA) is 78.9 Å². The van der Waals surface area contributed by atoms with Crippen molar-refractivity contribution < 1.29 is 19.4 Å². The van der Waals surface area contributed by atoms with Crippen LogP contribution in [0.2, 0.25) is 0 Å². The summed E-state index contributed by atoms with van der Waals surface area (Å²) < 4.78 is 5.10. The van der Waals surface area contributed by atoms with Crippen molar-refractivity contribution in [3.05, 3.63) is 29.8 Å². The third-order valence-electron chi connectivity index (χ3n) is 2.97. The van der Waals surface area contributed by atoms with Crippen molar-refractivity contribution >= 4 is 29.5 Å². The van der Waals surface area contributed by atoms with Crippen molar-refractivity contribution in [3.63, 3.8) is 0 Å². The molecule has 1 atom stereocenters. The second-order valence-corrected chi connectivity index (χ2v) is 7.65. The number of hydrogen-bond acceptors (Lipinski definition) is 5. The van der Waals surface area contributed by atoms with Crippen LogP contribution in [0, 0.1) is 0 Å². The van der Waals surface area contributed by atoms with Crippen LogP contribution in [0.15, 0.2) is 24.3 Å². The quantitative estimate of drug-likeness (QED) is 0.784. The first-order valence-electron chi connectivity index (χ1n) is 7.65. The molecule has 0 heterocycles. The Labute approximate surface area is 147 Å². The molecule has 0 spiro atoms. The Morgan fingerprint density at radius 1 is 1.33 bits per heavy atom. The van der Waals surface area contributed by atoms with Crippen molar-refractivity contribution in [3.8, 4) is 0 Å². The summed E-state index contributed by atoms with van der Waals surface area (Å²) in [5.41, 5.74) is 1.54. The maximum absolute atomic E-state index is 11.7. The third-order valence-corrected chi connectivity index (χ3v) is 4.08. The van der Waals surface area contributed by atoms with Gasteiger partial charge < -0.3 is 20.1 Å². The van der Waals surface area contributed by atoms with E-state index in [-0.39, 0.29) is 5.75 Å². The lowest BCUT2D eigenvalue weighted by Crippen LogP contribution is -2.44. The summed E-state index contributed by atoms with van der Waals surface area (Å²) in [5.74, 6) is -0.141. The normalized spacial score (nSPS) is 12.4. The molecule has 2 N–H and O–H groups in total. The summed E-state index contributed by atoms with van der Waals surface area (Å²) >= 11 is 1.45. The molecule has 7 heteroatoms. The number of rotatable bonds is 7. The molecule has 0 radical (unpaired) electrons. The van der Waals surface area contributed by atoms with Crippen molar-refractivity contribution in [1.29, 1.82) is 0 Å². The Bertz CT molecular complexity index is 570. The predicted molar refractivity (Wildman–Crippen MR) is 97.7 cm³/mol. The fraction of sp³-hybridized carbons (Fsp3) is 0.529. The van der Waals surface area contributed by atoms with Crippen LogP contribution in [0.1, 0.15) is 26.3 Å². The smallest absolute Gasteiger partial charge is 0.408 e. The number of alkyl carbamates (subject to hydrolysis) is 1. The molecule has 24 heavy (non-hydrogen) atoms. The van der Waals surface area contributed by atoms with E-state index in [1.54, 1.807) is 20.8 Å². The molecule has 0 aliphatic carbocycles. The number of benzene rings is 1. The Kier molecular flexibility index (Phi) is 7.41. The van der Waals surface area contributed by atoms with Crippen LogP contribution in [0.25, 0.3) is 0 Å². The first-order chi connectivity index (χ1) is 11.1. The molecule has 0 bridgehead atoms. The van der Waals surface area contributed by atoms with Gasteiger partial charge in [0.15, 0.2) is 0 Å². The first kappa shape index (κ1) is 20.2. The van der Waals surface area contributed by atoms with Crippen LogP contribution < -0.4 is 10.2 Å². The molecule has 134 valence electrons. The predicted octanol–water partition coefficient (Wildman–Crippen LogP) is 2.96. The van der Waals surface area contributed by atoms with Gasteiger partial charge in [0.2, 0.25) is 0 Å². The molecule has 1 aromatic rings. The minimum atomic E-state index is -1.07. The minimum absolute atomic E-state index is 0.265. The van der Waals surface area contributed by atoms with Crippen LogP contribution in [-0.4, -0.2) is 48.7 Å². The van der Waals surface area contributed by atoms with E-state index in [1.807, 2.05) is 37.2 Å². The van der Waals surface area contributed by atoms with Gasteiger partial charge in [0, 0.05) is 31.3 Å². The number of carbonyl (C=O) groups is 2. The van der Waals surface area contributed by atoms with Crippen LogP contribution in [-0.2, 0) is 15.3 Å². The number of amides is 1. The lowest BCUT2D eigenvalue weighted by molar-refractivity contribution is -0.138. The molecule has 0 saturated carbocycles. The van der Waals surface area contributed by atoms with Gasteiger partial charge in [0.25, 0.3) is 0 Å². The maximum Gasteiger partial charge on any atom is 0.408 e.